The van der Waals surface area contributed by atoms with Gasteiger partial charge in [-0.3, -0.25) is 29.4 Å². The van der Waals surface area contributed by atoms with Crippen LogP contribution in [0.15, 0.2) is 115 Å². The number of rotatable bonds is 13. The zero-order valence-corrected chi connectivity index (χ0v) is 43.4. The number of imide groups is 1. The minimum absolute atomic E-state index is 0.0931. The summed E-state index contributed by atoms with van der Waals surface area (Å²) >= 11 is 0. The van der Waals surface area contributed by atoms with E-state index in [1.165, 1.54) is 5.69 Å². The van der Waals surface area contributed by atoms with E-state index in [4.69, 9.17) is 19.6 Å². The maximum atomic E-state index is 13.7. The standard InChI is InChI=1S/C44H47N9O4.C10H14O2.C2H7N.CH2O2/c1-28-37(27-46-42-40(28)45-17-24-57-42)31-5-6-32-26-47-44(49-38(32)25-31)48-33-4-2-3-30(7-10-33)43(56)53-22-20-52(21-23-53)35-15-18-51(19-16-35)34-11-8-29(9-12-34)36-13-14-39(54)50-41(36)55;1-3-9(4-2)10(8-12)6-5-7-11;1-3-2;2-1-3/h2,4-12,25-27,35-36,45H,3,13-24H2,1H3,(H,47,48,49)(H,50,54,55);3-4,7-8,10H,1,5-6H2,2H3;3H,1-2H3;1H,(H,2,3)/b;9-4+;;. The molecule has 75 heavy (non-hydrogen) atoms. The summed E-state index contributed by atoms with van der Waals surface area (Å²) in [5.74, 6) is 0.405. The molecule has 18 nitrogen and oxygen atoms in total. The van der Waals surface area contributed by atoms with Gasteiger partial charge in [-0.1, -0.05) is 55.1 Å². The molecular weight excluding hydrogens is 953 g/mol. The summed E-state index contributed by atoms with van der Waals surface area (Å²) in [6.45, 7) is 13.8. The summed E-state index contributed by atoms with van der Waals surface area (Å²) in [6.07, 6.45) is 21.4. The van der Waals surface area contributed by atoms with Crippen LogP contribution in [0.25, 0.3) is 22.0 Å². The average molecular weight is 1020 g/mol. The summed E-state index contributed by atoms with van der Waals surface area (Å²) in [6, 6.07) is 14.9. The molecule has 0 bridgehead atoms. The number of nitrogens with zero attached hydrogens (tertiary/aromatic N) is 6. The number of carboxylic acid groups (broad SMARTS) is 1. The fourth-order valence-corrected chi connectivity index (χ4v) is 9.72. The van der Waals surface area contributed by atoms with Crippen LogP contribution in [-0.4, -0.2) is 139 Å². The highest BCUT2D eigenvalue weighted by Crippen LogP contribution is 2.36. The second-order valence-electron chi connectivity index (χ2n) is 18.5. The second kappa shape index (κ2) is 28.6. The molecule has 9 rings (SSSR count). The number of aromatic nitrogens is 3. The number of allylic oxidation sites excluding steroid dienone is 7. The van der Waals surface area contributed by atoms with Crippen LogP contribution in [0.1, 0.15) is 68.9 Å². The van der Waals surface area contributed by atoms with Crippen molar-refractivity contribution < 1.29 is 38.6 Å². The monoisotopic (exact) mass is 1020 g/mol. The Morgan fingerprint density at radius 3 is 2.37 bits per heavy atom. The highest BCUT2D eigenvalue weighted by atomic mass is 16.5. The zero-order chi connectivity index (χ0) is 53.7. The number of piperidine rings is 2. The first-order chi connectivity index (χ1) is 36.5. The topological polar surface area (TPSA) is 228 Å². The molecular formula is C57H70N10O8. The van der Waals surface area contributed by atoms with Crippen molar-refractivity contribution in [1.82, 2.24) is 35.4 Å². The number of anilines is 3. The number of nitrogens with one attached hydrogen (secondary N) is 4. The Labute approximate surface area is 439 Å². The normalized spacial score (nSPS) is 18.1. The number of amides is 3. The number of hydrogen-bond acceptors (Lipinski definition) is 15. The molecule has 3 fully saturated rings. The summed E-state index contributed by atoms with van der Waals surface area (Å²) in [5, 5.41) is 19.8. The highest BCUT2D eigenvalue weighted by Gasteiger charge is 2.31. The van der Waals surface area contributed by atoms with E-state index in [1.807, 2.05) is 86.9 Å². The molecule has 18 heteroatoms. The molecule has 4 aromatic rings. The average Bonchev–Trinajstić information content (AvgIpc) is 3.68. The number of hydrogen-bond donors (Lipinski definition) is 5. The third-order valence-electron chi connectivity index (χ3n) is 13.7. The lowest BCUT2D eigenvalue weighted by molar-refractivity contribution is -0.134. The van der Waals surface area contributed by atoms with Gasteiger partial charge >= 0.3 is 0 Å². The van der Waals surface area contributed by atoms with Gasteiger partial charge in [0.1, 0.15) is 24.9 Å². The number of ether oxygens (including phenoxy) is 1. The molecule has 396 valence electrons. The fraction of sp³-hybridized carbons (Fsp3) is 0.386. The molecule has 5 aliphatic rings. The molecule has 4 aliphatic heterocycles. The van der Waals surface area contributed by atoms with Crippen molar-refractivity contribution in [3.8, 4) is 17.0 Å². The molecule has 3 saturated heterocycles. The lowest BCUT2D eigenvalue weighted by Gasteiger charge is -2.43. The molecule has 3 amide bonds. The van der Waals surface area contributed by atoms with Gasteiger partial charge in [0.05, 0.1) is 11.4 Å². The number of piperazine rings is 1. The minimum Gasteiger partial charge on any atom is -0.483 e. The van der Waals surface area contributed by atoms with E-state index < -0.39 is 0 Å². The predicted octanol–water partition coefficient (Wildman–Crippen LogP) is 6.77. The molecule has 2 unspecified atom stereocenters. The molecule has 0 spiro atoms. The van der Waals surface area contributed by atoms with Gasteiger partial charge in [0.15, 0.2) is 0 Å². The molecule has 6 heterocycles. The first-order valence-electron chi connectivity index (χ1n) is 25.5. The van der Waals surface area contributed by atoms with Gasteiger partial charge < -0.3 is 45.2 Å². The van der Waals surface area contributed by atoms with E-state index in [-0.39, 0.29) is 36.0 Å². The fourth-order valence-electron chi connectivity index (χ4n) is 9.72. The smallest absolute Gasteiger partial charge is 0.290 e. The van der Waals surface area contributed by atoms with Crippen LogP contribution < -0.4 is 30.9 Å². The van der Waals surface area contributed by atoms with Crippen LogP contribution in [0.2, 0.25) is 0 Å². The van der Waals surface area contributed by atoms with Crippen molar-refractivity contribution in [2.75, 3.05) is 82.0 Å². The van der Waals surface area contributed by atoms with E-state index in [1.54, 1.807) is 6.08 Å². The maximum absolute atomic E-state index is 13.7. The number of carbonyl (C=O) groups is 6. The van der Waals surface area contributed by atoms with E-state index in [2.05, 4.69) is 78.8 Å². The Bertz CT molecular complexity index is 2770. The molecule has 2 aromatic heterocycles. The maximum Gasteiger partial charge on any atom is 0.290 e. The zero-order valence-electron chi connectivity index (χ0n) is 43.4. The van der Waals surface area contributed by atoms with Crippen molar-refractivity contribution in [3.05, 3.63) is 126 Å². The number of fused-ring (bicyclic) bond motifs is 2. The van der Waals surface area contributed by atoms with Gasteiger partial charge in [-0.15, -0.1) is 0 Å². The van der Waals surface area contributed by atoms with Gasteiger partial charge in [-0.05, 0) is 113 Å². The quantitative estimate of drug-likeness (QED) is 0.0529. The predicted molar refractivity (Wildman–Crippen MR) is 292 cm³/mol. The van der Waals surface area contributed by atoms with E-state index >= 15 is 0 Å². The summed E-state index contributed by atoms with van der Waals surface area (Å²) in [7, 11) is 3.75. The van der Waals surface area contributed by atoms with Crippen LogP contribution >= 0.6 is 0 Å². The van der Waals surface area contributed by atoms with Gasteiger partial charge in [0.25, 0.3) is 6.47 Å². The van der Waals surface area contributed by atoms with Crippen LogP contribution in [0, 0.1) is 12.8 Å². The van der Waals surface area contributed by atoms with E-state index in [9.17, 15) is 24.0 Å². The summed E-state index contributed by atoms with van der Waals surface area (Å²) in [4.78, 5) is 87.4. The molecule has 1 aliphatic carbocycles. The van der Waals surface area contributed by atoms with Crippen LogP contribution in [-0.2, 0) is 28.8 Å². The van der Waals surface area contributed by atoms with Crippen molar-refractivity contribution >= 4 is 65.0 Å². The van der Waals surface area contributed by atoms with Gasteiger partial charge in [-0.2, -0.15) is 0 Å². The Morgan fingerprint density at radius 2 is 1.71 bits per heavy atom. The third kappa shape index (κ3) is 15.1. The van der Waals surface area contributed by atoms with Crippen molar-refractivity contribution in [3.63, 3.8) is 0 Å². The highest BCUT2D eigenvalue weighted by molar-refractivity contribution is 6.01. The van der Waals surface area contributed by atoms with Crippen LogP contribution in [0.5, 0.6) is 5.88 Å². The molecule has 2 atom stereocenters. The number of pyridine rings is 1. The largest absolute Gasteiger partial charge is 0.483 e. The first kappa shape index (κ1) is 56.5. The Hall–Kier alpha value is -7.83. The Kier molecular flexibility index (Phi) is 21.5. The van der Waals surface area contributed by atoms with E-state index in [0.717, 1.165) is 127 Å². The molecule has 2 aromatic carbocycles. The van der Waals surface area contributed by atoms with Gasteiger partial charge in [0, 0.05) is 111 Å². The third-order valence-corrected chi connectivity index (χ3v) is 13.7. The summed E-state index contributed by atoms with van der Waals surface area (Å²) < 4.78 is 5.72. The van der Waals surface area contributed by atoms with Gasteiger partial charge in [-0.25, -0.2) is 15.0 Å². The number of aldehydes is 2. The van der Waals surface area contributed by atoms with Crippen LogP contribution in [0.3, 0.4) is 0 Å². The second-order valence-corrected chi connectivity index (χ2v) is 18.5. The molecule has 5 N–H and O–H groups in total. The van der Waals surface area contributed by atoms with Crippen molar-refractivity contribution in [2.24, 2.45) is 5.92 Å². The van der Waals surface area contributed by atoms with Crippen molar-refractivity contribution in [2.45, 2.75) is 70.8 Å². The Morgan fingerprint density at radius 1 is 0.973 bits per heavy atom. The SMILES string of the molecule is C=C/C(=C\C)C(C=O)CCC=O.CNC.Cc1c(-c2ccc3cnc(NC4=CC=C(C(=O)N5CCN(C6CCN(c7ccc(C8CCC(=O)NC8=O)cc7)CC6)CC5)CC=C4)nc3c2)cnc2c1NCCO2.O=CO. The van der Waals surface area contributed by atoms with Crippen molar-refractivity contribution in [1.29, 1.82) is 0 Å². The first-order valence-corrected chi connectivity index (χ1v) is 25.5. The minimum atomic E-state index is -0.260. The Balaban J connectivity index is 0.000000439. The lowest BCUT2D eigenvalue weighted by atomic mass is 9.90. The lowest BCUT2D eigenvalue weighted by Crippen LogP contribution is -2.54. The molecule has 0 saturated carbocycles. The van der Waals surface area contributed by atoms with Gasteiger partial charge in [0.2, 0.25) is 29.5 Å². The van der Waals surface area contributed by atoms with E-state index in [0.29, 0.717) is 56.6 Å². The number of carbonyl (C=O) groups excluding carboxylic acids is 5. The summed E-state index contributed by atoms with van der Waals surface area (Å²) in [5.41, 5.74) is 9.50. The number of benzene rings is 2. The van der Waals surface area contributed by atoms with Crippen LogP contribution in [0.4, 0.5) is 17.3 Å². The molecule has 0 radical (unpaired) electrons.